The van der Waals surface area contributed by atoms with E-state index in [2.05, 4.69) is 36.6 Å². The van der Waals surface area contributed by atoms with Crippen molar-refractivity contribution >= 4 is 29.1 Å². The molecule has 0 fully saturated rings. The van der Waals surface area contributed by atoms with E-state index in [1.165, 1.54) is 11.1 Å². The highest BCUT2D eigenvalue weighted by molar-refractivity contribution is 8.00. The Morgan fingerprint density at radius 2 is 1.74 bits per heavy atom. The van der Waals surface area contributed by atoms with Crippen molar-refractivity contribution in [3.8, 4) is 0 Å². The van der Waals surface area contributed by atoms with E-state index in [0.29, 0.717) is 12.3 Å². The zero-order valence-corrected chi connectivity index (χ0v) is 17.7. The Hall–Kier alpha value is -1.97. The van der Waals surface area contributed by atoms with E-state index < -0.39 is 0 Å². The second-order valence-corrected chi connectivity index (χ2v) is 8.38. The highest BCUT2D eigenvalue weighted by atomic mass is 35.5. The minimum atomic E-state index is 0.164. The normalized spacial score (nSPS) is 11.0. The van der Waals surface area contributed by atoms with Gasteiger partial charge < -0.3 is 4.57 Å². The number of halogens is 1. The molecule has 0 unspecified atom stereocenters. The van der Waals surface area contributed by atoms with E-state index in [1.54, 1.807) is 11.8 Å². The van der Waals surface area contributed by atoms with E-state index in [0.717, 1.165) is 32.4 Å². The van der Waals surface area contributed by atoms with Gasteiger partial charge in [0.1, 0.15) is 0 Å². The number of ketones is 1. The molecular weight excluding hydrogens is 374 g/mol. The summed E-state index contributed by atoms with van der Waals surface area (Å²) in [5.74, 6) is 0.607. The first-order valence-corrected chi connectivity index (χ1v) is 10.4. The molecule has 140 valence electrons. The summed E-state index contributed by atoms with van der Waals surface area (Å²) in [4.78, 5) is 14.0. The average Bonchev–Trinajstić information content (AvgIpc) is 2.92. The van der Waals surface area contributed by atoms with Gasteiger partial charge in [0, 0.05) is 33.4 Å². The summed E-state index contributed by atoms with van der Waals surface area (Å²) in [5, 5.41) is 0.753. The van der Waals surface area contributed by atoms with Gasteiger partial charge in [0.2, 0.25) is 0 Å². The van der Waals surface area contributed by atoms with Crippen LogP contribution in [-0.4, -0.2) is 16.1 Å². The number of hydrogen-bond acceptors (Lipinski definition) is 2. The Bertz CT molecular complexity index is 990. The van der Waals surface area contributed by atoms with Crippen LogP contribution in [0.15, 0.2) is 53.4 Å². The molecule has 2 nitrogen and oxygen atoms in total. The lowest BCUT2D eigenvalue weighted by atomic mass is 10.1. The van der Waals surface area contributed by atoms with E-state index in [4.69, 9.17) is 11.6 Å². The summed E-state index contributed by atoms with van der Waals surface area (Å²) in [5.41, 5.74) is 6.46. The molecule has 1 heterocycles. The number of hydrogen-bond donors (Lipinski definition) is 0. The molecule has 0 spiro atoms. The molecule has 3 rings (SSSR count). The summed E-state index contributed by atoms with van der Waals surface area (Å²) in [7, 11) is 0. The van der Waals surface area contributed by atoms with Crippen LogP contribution in [0, 0.1) is 27.7 Å². The number of carbonyl (C=O) groups is 1. The van der Waals surface area contributed by atoms with Crippen LogP contribution in [0.25, 0.3) is 0 Å². The fraction of sp³-hybridized carbons (Fsp3) is 0.261. The Morgan fingerprint density at radius 3 is 2.44 bits per heavy atom. The van der Waals surface area contributed by atoms with Crippen molar-refractivity contribution in [2.24, 2.45) is 0 Å². The van der Waals surface area contributed by atoms with Crippen molar-refractivity contribution in [2.45, 2.75) is 39.1 Å². The number of nitrogens with zero attached hydrogens (tertiary/aromatic N) is 1. The van der Waals surface area contributed by atoms with Gasteiger partial charge in [-0.05, 0) is 68.7 Å². The van der Waals surface area contributed by atoms with E-state index in [-0.39, 0.29) is 5.78 Å². The van der Waals surface area contributed by atoms with Crippen molar-refractivity contribution in [3.05, 3.63) is 87.2 Å². The van der Waals surface area contributed by atoms with Gasteiger partial charge in [0.15, 0.2) is 5.78 Å². The Labute approximate surface area is 170 Å². The zero-order valence-electron chi connectivity index (χ0n) is 16.2. The molecule has 0 saturated heterocycles. The molecule has 27 heavy (non-hydrogen) atoms. The number of benzene rings is 2. The van der Waals surface area contributed by atoms with Crippen molar-refractivity contribution in [1.82, 2.24) is 4.57 Å². The molecule has 0 atom stereocenters. The second-order valence-electron chi connectivity index (χ2n) is 6.92. The van der Waals surface area contributed by atoms with Crippen molar-refractivity contribution in [1.29, 1.82) is 0 Å². The molecule has 0 aliphatic heterocycles. The predicted octanol–water partition coefficient (Wildman–Crippen LogP) is 6.40. The molecular formula is C23H24ClNOS. The summed E-state index contributed by atoms with van der Waals surface area (Å²) in [6, 6.07) is 16.2. The number of rotatable bonds is 6. The van der Waals surface area contributed by atoms with Crippen LogP contribution < -0.4 is 0 Å². The highest BCUT2D eigenvalue weighted by Crippen LogP contribution is 2.25. The molecule has 0 aliphatic rings. The van der Waals surface area contributed by atoms with Crippen LogP contribution in [0.2, 0.25) is 5.02 Å². The predicted molar refractivity (Wildman–Crippen MR) is 115 cm³/mol. The Balaban J connectivity index is 1.76. The van der Waals surface area contributed by atoms with Gasteiger partial charge >= 0.3 is 0 Å². The van der Waals surface area contributed by atoms with Gasteiger partial charge in [0.05, 0.1) is 5.75 Å². The van der Waals surface area contributed by atoms with Crippen molar-refractivity contribution in [2.75, 3.05) is 5.75 Å². The Morgan fingerprint density at radius 1 is 1.00 bits per heavy atom. The first kappa shape index (κ1) is 19.8. The molecule has 0 amide bonds. The standard InChI is InChI=1S/C23H24ClNOS/c1-15-9-10-20(11-16(15)2)27-14-23(26)21-12-17(3)25(18(21)4)13-19-7-5-6-8-22(19)24/h5-12H,13-14H2,1-4H3. The SMILES string of the molecule is Cc1ccc(SCC(=O)c2cc(C)n(Cc3ccccc3Cl)c2C)cc1C. The lowest BCUT2D eigenvalue weighted by Gasteiger charge is -2.11. The summed E-state index contributed by atoms with van der Waals surface area (Å²) < 4.78 is 2.16. The first-order valence-electron chi connectivity index (χ1n) is 9.00. The van der Waals surface area contributed by atoms with Gasteiger partial charge in [-0.25, -0.2) is 0 Å². The minimum Gasteiger partial charge on any atom is -0.344 e. The van der Waals surface area contributed by atoms with Crippen LogP contribution >= 0.6 is 23.4 Å². The van der Waals surface area contributed by atoms with Gasteiger partial charge in [0.25, 0.3) is 0 Å². The van der Waals surface area contributed by atoms with Crippen LogP contribution in [-0.2, 0) is 6.54 Å². The molecule has 0 saturated carbocycles. The quantitative estimate of drug-likeness (QED) is 0.354. The third-order valence-electron chi connectivity index (χ3n) is 5.01. The molecule has 4 heteroatoms. The van der Waals surface area contributed by atoms with Crippen LogP contribution in [0.4, 0.5) is 0 Å². The summed E-state index contributed by atoms with van der Waals surface area (Å²) in [6.07, 6.45) is 0. The number of carbonyl (C=O) groups excluding carboxylic acids is 1. The van der Waals surface area contributed by atoms with Crippen molar-refractivity contribution in [3.63, 3.8) is 0 Å². The third kappa shape index (κ3) is 4.48. The number of aromatic nitrogens is 1. The van der Waals surface area contributed by atoms with E-state index >= 15 is 0 Å². The maximum Gasteiger partial charge on any atom is 0.174 e. The average molecular weight is 398 g/mol. The first-order chi connectivity index (χ1) is 12.9. The molecule has 2 aromatic carbocycles. The van der Waals surface area contributed by atoms with Crippen LogP contribution in [0.3, 0.4) is 0 Å². The third-order valence-corrected chi connectivity index (χ3v) is 6.37. The maximum absolute atomic E-state index is 12.8. The number of aryl methyl sites for hydroxylation is 3. The smallest absolute Gasteiger partial charge is 0.174 e. The molecule has 0 bridgehead atoms. The Kier molecular flexibility index (Phi) is 6.13. The fourth-order valence-electron chi connectivity index (χ4n) is 3.15. The topological polar surface area (TPSA) is 22.0 Å². The number of Topliss-reactive ketones (excluding diaryl/α,β-unsaturated/α-hetero) is 1. The molecule has 1 aromatic heterocycles. The second kappa shape index (κ2) is 8.37. The molecule has 3 aromatic rings. The fourth-order valence-corrected chi connectivity index (χ4v) is 4.23. The van der Waals surface area contributed by atoms with E-state index in [9.17, 15) is 4.79 Å². The van der Waals surface area contributed by atoms with Gasteiger partial charge in [-0.2, -0.15) is 0 Å². The molecule has 0 aliphatic carbocycles. The largest absolute Gasteiger partial charge is 0.344 e. The van der Waals surface area contributed by atoms with Crippen molar-refractivity contribution < 1.29 is 4.79 Å². The molecule has 0 N–H and O–H groups in total. The summed E-state index contributed by atoms with van der Waals surface area (Å²) in [6.45, 7) is 8.93. The maximum atomic E-state index is 12.8. The van der Waals surface area contributed by atoms with Crippen LogP contribution in [0.5, 0.6) is 0 Å². The van der Waals surface area contributed by atoms with E-state index in [1.807, 2.05) is 44.2 Å². The van der Waals surface area contributed by atoms with Gasteiger partial charge in [-0.15, -0.1) is 11.8 Å². The molecule has 0 radical (unpaired) electrons. The van der Waals surface area contributed by atoms with Gasteiger partial charge in [-0.3, -0.25) is 4.79 Å². The zero-order chi connectivity index (χ0) is 19.6. The highest BCUT2D eigenvalue weighted by Gasteiger charge is 2.16. The van der Waals surface area contributed by atoms with Gasteiger partial charge in [-0.1, -0.05) is 35.9 Å². The lowest BCUT2D eigenvalue weighted by Crippen LogP contribution is -2.08. The monoisotopic (exact) mass is 397 g/mol. The summed E-state index contributed by atoms with van der Waals surface area (Å²) >= 11 is 7.90. The minimum absolute atomic E-state index is 0.164. The number of thioether (sulfide) groups is 1. The van der Waals surface area contributed by atoms with Crippen LogP contribution in [0.1, 0.15) is 38.4 Å². The lowest BCUT2D eigenvalue weighted by molar-refractivity contribution is 0.102.